The van der Waals surface area contributed by atoms with E-state index in [4.69, 9.17) is 26.8 Å². The Bertz CT molecular complexity index is 502. The van der Waals surface area contributed by atoms with Crippen LogP contribution in [-0.2, 0) is 6.42 Å². The molecule has 1 aliphatic rings. The number of hydrogen-bond donors (Lipinski definition) is 1. The molecule has 2 rings (SSSR count). The van der Waals surface area contributed by atoms with Crippen LogP contribution in [0.15, 0.2) is 24.3 Å². The van der Waals surface area contributed by atoms with Gasteiger partial charge in [-0.1, -0.05) is 24.6 Å². The third-order valence-electron chi connectivity index (χ3n) is 3.80. The molecule has 0 spiro atoms. The Hall–Kier alpha value is -1.19. The van der Waals surface area contributed by atoms with E-state index in [-0.39, 0.29) is 12.1 Å². The van der Waals surface area contributed by atoms with Gasteiger partial charge in [0, 0.05) is 22.7 Å². The van der Waals surface area contributed by atoms with Crippen molar-refractivity contribution in [2.24, 2.45) is 5.73 Å². The molecule has 2 atom stereocenters. The van der Waals surface area contributed by atoms with Gasteiger partial charge in [-0.25, -0.2) is 0 Å². The molecule has 0 amide bonds. The van der Waals surface area contributed by atoms with Gasteiger partial charge in [-0.2, -0.15) is 0 Å². The lowest BCUT2D eigenvalue weighted by Gasteiger charge is -2.23. The van der Waals surface area contributed by atoms with Crippen LogP contribution in [0.1, 0.15) is 38.2 Å². The van der Waals surface area contributed by atoms with Crippen LogP contribution in [0.4, 0.5) is 0 Å². The molecule has 0 radical (unpaired) electrons. The van der Waals surface area contributed by atoms with Gasteiger partial charge < -0.3 is 15.2 Å². The Kier molecular flexibility index (Phi) is 5.95. The molecule has 0 fully saturated rings. The standard InChI is InChI=1S/C17H24ClNO2/c1-3-14(19)10-12-9-13(18)11-16(20-2)17(12)21-15-7-5-4-6-8-15/h5,7,9,11,14-15H,3-4,6,8,10,19H2,1-2H3. The number of ether oxygens (including phenoxy) is 2. The van der Waals surface area contributed by atoms with E-state index in [1.807, 2.05) is 6.07 Å². The van der Waals surface area contributed by atoms with Crippen LogP contribution in [-0.4, -0.2) is 19.3 Å². The molecule has 0 bridgehead atoms. The molecular formula is C17H24ClNO2. The summed E-state index contributed by atoms with van der Waals surface area (Å²) in [7, 11) is 1.64. The Morgan fingerprint density at radius 2 is 2.24 bits per heavy atom. The van der Waals surface area contributed by atoms with E-state index in [0.29, 0.717) is 10.8 Å². The highest BCUT2D eigenvalue weighted by Gasteiger charge is 2.19. The molecule has 2 N–H and O–H groups in total. The van der Waals surface area contributed by atoms with Crippen molar-refractivity contribution in [3.63, 3.8) is 0 Å². The summed E-state index contributed by atoms with van der Waals surface area (Å²) in [5.41, 5.74) is 7.12. The summed E-state index contributed by atoms with van der Waals surface area (Å²) in [5, 5.41) is 0.650. The summed E-state index contributed by atoms with van der Waals surface area (Å²) in [6.45, 7) is 2.08. The average Bonchev–Trinajstić information content (AvgIpc) is 2.50. The highest BCUT2D eigenvalue weighted by molar-refractivity contribution is 6.30. The van der Waals surface area contributed by atoms with Gasteiger partial charge in [-0.05, 0) is 44.2 Å². The van der Waals surface area contributed by atoms with Crippen LogP contribution in [0.5, 0.6) is 11.5 Å². The average molecular weight is 310 g/mol. The van der Waals surface area contributed by atoms with E-state index in [9.17, 15) is 0 Å². The first kappa shape index (κ1) is 16.2. The molecule has 1 aliphatic carbocycles. The molecule has 0 heterocycles. The van der Waals surface area contributed by atoms with Crippen LogP contribution in [0.25, 0.3) is 0 Å². The molecule has 2 unspecified atom stereocenters. The maximum atomic E-state index is 6.18. The maximum absolute atomic E-state index is 6.18. The quantitative estimate of drug-likeness (QED) is 0.804. The van der Waals surface area contributed by atoms with Crippen molar-refractivity contribution in [2.75, 3.05) is 7.11 Å². The van der Waals surface area contributed by atoms with Crippen molar-refractivity contribution in [3.05, 3.63) is 34.9 Å². The zero-order valence-electron chi connectivity index (χ0n) is 12.8. The zero-order valence-corrected chi connectivity index (χ0v) is 13.5. The SMILES string of the molecule is CCC(N)Cc1cc(Cl)cc(OC)c1OC1C=CCCC1. The number of methoxy groups -OCH3 is 1. The lowest BCUT2D eigenvalue weighted by atomic mass is 10.0. The first-order valence-electron chi connectivity index (χ1n) is 7.59. The zero-order chi connectivity index (χ0) is 15.2. The van der Waals surface area contributed by atoms with Crippen molar-refractivity contribution in [1.82, 2.24) is 0 Å². The van der Waals surface area contributed by atoms with Crippen molar-refractivity contribution in [2.45, 2.75) is 51.2 Å². The maximum Gasteiger partial charge on any atom is 0.165 e. The molecule has 0 aliphatic heterocycles. The normalized spacial score (nSPS) is 19.3. The fourth-order valence-electron chi connectivity index (χ4n) is 2.52. The van der Waals surface area contributed by atoms with Crippen molar-refractivity contribution in [1.29, 1.82) is 0 Å². The second-order valence-electron chi connectivity index (χ2n) is 5.48. The summed E-state index contributed by atoms with van der Waals surface area (Å²) >= 11 is 6.18. The third-order valence-corrected chi connectivity index (χ3v) is 4.02. The summed E-state index contributed by atoms with van der Waals surface area (Å²) in [4.78, 5) is 0. The Labute approximate surface area is 132 Å². The Balaban J connectivity index is 2.30. The highest BCUT2D eigenvalue weighted by Crippen LogP contribution is 2.37. The monoisotopic (exact) mass is 309 g/mol. The molecule has 3 nitrogen and oxygen atoms in total. The molecule has 1 aromatic rings. The smallest absolute Gasteiger partial charge is 0.165 e. The number of halogens is 1. The lowest BCUT2D eigenvalue weighted by Crippen LogP contribution is -2.23. The topological polar surface area (TPSA) is 44.5 Å². The third kappa shape index (κ3) is 4.39. The highest BCUT2D eigenvalue weighted by atomic mass is 35.5. The minimum Gasteiger partial charge on any atom is -0.493 e. The Morgan fingerprint density at radius 1 is 1.43 bits per heavy atom. The van der Waals surface area contributed by atoms with Gasteiger partial charge in [0.2, 0.25) is 0 Å². The molecule has 0 aromatic heterocycles. The molecule has 116 valence electrons. The first-order valence-corrected chi connectivity index (χ1v) is 7.97. The number of benzene rings is 1. The van der Waals surface area contributed by atoms with Gasteiger partial charge in [0.05, 0.1) is 7.11 Å². The summed E-state index contributed by atoms with van der Waals surface area (Å²) in [6.07, 6.45) is 9.37. The van der Waals surface area contributed by atoms with Crippen LogP contribution < -0.4 is 15.2 Å². The van der Waals surface area contributed by atoms with Gasteiger partial charge in [-0.3, -0.25) is 0 Å². The largest absolute Gasteiger partial charge is 0.493 e. The second kappa shape index (κ2) is 7.71. The van der Waals surface area contributed by atoms with Crippen molar-refractivity contribution >= 4 is 11.6 Å². The van der Waals surface area contributed by atoms with Crippen LogP contribution in [0, 0.1) is 0 Å². The van der Waals surface area contributed by atoms with E-state index >= 15 is 0 Å². The minimum atomic E-state index is 0.0948. The fourth-order valence-corrected chi connectivity index (χ4v) is 2.75. The number of nitrogens with two attached hydrogens (primary N) is 1. The van der Waals surface area contributed by atoms with Gasteiger partial charge >= 0.3 is 0 Å². The summed E-state index contributed by atoms with van der Waals surface area (Å²) in [6, 6.07) is 3.82. The minimum absolute atomic E-state index is 0.0948. The number of rotatable bonds is 6. The van der Waals surface area contributed by atoms with E-state index in [1.165, 1.54) is 0 Å². The predicted octanol–water partition coefficient (Wildman–Crippen LogP) is 4.12. The first-order chi connectivity index (χ1) is 10.1. The fraction of sp³-hybridized carbons (Fsp3) is 0.529. The number of allylic oxidation sites excluding steroid dienone is 1. The van der Waals surface area contributed by atoms with Gasteiger partial charge in [0.15, 0.2) is 11.5 Å². The molecule has 0 saturated carbocycles. The van der Waals surface area contributed by atoms with Gasteiger partial charge in [0.25, 0.3) is 0 Å². The lowest BCUT2D eigenvalue weighted by molar-refractivity contribution is 0.217. The van der Waals surface area contributed by atoms with E-state index in [0.717, 1.165) is 43.4 Å². The molecule has 21 heavy (non-hydrogen) atoms. The van der Waals surface area contributed by atoms with E-state index < -0.39 is 0 Å². The Morgan fingerprint density at radius 3 is 2.86 bits per heavy atom. The number of hydrogen-bond acceptors (Lipinski definition) is 3. The predicted molar refractivity (Wildman–Crippen MR) is 87.4 cm³/mol. The molecular weight excluding hydrogens is 286 g/mol. The van der Waals surface area contributed by atoms with E-state index in [1.54, 1.807) is 13.2 Å². The van der Waals surface area contributed by atoms with Crippen molar-refractivity contribution < 1.29 is 9.47 Å². The van der Waals surface area contributed by atoms with E-state index in [2.05, 4.69) is 19.1 Å². The molecule has 4 heteroatoms. The molecule has 1 aromatic carbocycles. The molecule has 0 saturated heterocycles. The van der Waals surface area contributed by atoms with Gasteiger partial charge in [-0.15, -0.1) is 0 Å². The van der Waals surface area contributed by atoms with Crippen LogP contribution in [0.2, 0.25) is 5.02 Å². The van der Waals surface area contributed by atoms with Crippen LogP contribution >= 0.6 is 11.6 Å². The van der Waals surface area contributed by atoms with Gasteiger partial charge in [0.1, 0.15) is 6.10 Å². The summed E-state index contributed by atoms with van der Waals surface area (Å²) < 4.78 is 11.6. The second-order valence-corrected chi connectivity index (χ2v) is 5.92. The van der Waals surface area contributed by atoms with Crippen LogP contribution in [0.3, 0.4) is 0 Å². The van der Waals surface area contributed by atoms with Crippen molar-refractivity contribution in [3.8, 4) is 11.5 Å². The summed E-state index contributed by atoms with van der Waals surface area (Å²) in [5.74, 6) is 1.46.